The minimum atomic E-state index is -4.40. The average molecular weight is 319 g/mol. The Morgan fingerprint density at radius 2 is 1.74 bits per heavy atom. The summed E-state index contributed by atoms with van der Waals surface area (Å²) in [6.07, 6.45) is -4.40. The van der Waals surface area contributed by atoms with Gasteiger partial charge in [-0.3, -0.25) is 5.10 Å². The van der Waals surface area contributed by atoms with Crippen LogP contribution in [0.1, 0.15) is 5.56 Å². The van der Waals surface area contributed by atoms with Crippen LogP contribution in [0, 0.1) is 0 Å². The maximum atomic E-state index is 12.8. The van der Waals surface area contributed by atoms with Gasteiger partial charge in [0.2, 0.25) is 0 Å². The smallest absolute Gasteiger partial charge is 0.416 e. The van der Waals surface area contributed by atoms with Crippen molar-refractivity contribution < 1.29 is 17.9 Å². The van der Waals surface area contributed by atoms with E-state index in [0.717, 1.165) is 17.7 Å². The van der Waals surface area contributed by atoms with Gasteiger partial charge in [-0.2, -0.15) is 18.3 Å². The SMILES string of the molecule is COc1ccc(-c2nc(-c3cccc(C(F)(F)F)c3)n[nH]2)cc1. The van der Waals surface area contributed by atoms with E-state index in [1.54, 1.807) is 31.4 Å². The fraction of sp³-hybridized carbons (Fsp3) is 0.125. The van der Waals surface area contributed by atoms with E-state index in [-0.39, 0.29) is 5.82 Å². The zero-order chi connectivity index (χ0) is 16.4. The van der Waals surface area contributed by atoms with E-state index in [0.29, 0.717) is 17.1 Å². The molecule has 2 aromatic carbocycles. The standard InChI is InChI=1S/C16H12F3N3O/c1-23-13-7-5-10(6-8-13)14-20-15(22-21-14)11-3-2-4-12(9-11)16(17,18)19/h2-9H,1H3,(H,20,21,22). The van der Waals surface area contributed by atoms with Crippen molar-refractivity contribution in [1.29, 1.82) is 0 Å². The van der Waals surface area contributed by atoms with Gasteiger partial charge in [-0.15, -0.1) is 0 Å². The second kappa shape index (κ2) is 5.75. The molecule has 0 unspecified atom stereocenters. The van der Waals surface area contributed by atoms with Gasteiger partial charge in [-0.1, -0.05) is 12.1 Å². The molecular formula is C16H12F3N3O. The molecule has 7 heteroatoms. The van der Waals surface area contributed by atoms with Crippen molar-refractivity contribution >= 4 is 0 Å². The molecule has 0 amide bonds. The number of hydrogen-bond acceptors (Lipinski definition) is 3. The number of aromatic nitrogens is 3. The molecule has 0 fully saturated rings. The van der Waals surface area contributed by atoms with Crippen LogP contribution < -0.4 is 4.74 Å². The van der Waals surface area contributed by atoms with E-state index in [4.69, 9.17) is 4.74 Å². The Morgan fingerprint density at radius 3 is 2.39 bits per heavy atom. The lowest BCUT2D eigenvalue weighted by molar-refractivity contribution is -0.137. The van der Waals surface area contributed by atoms with Crippen molar-refractivity contribution in [3.05, 3.63) is 54.1 Å². The van der Waals surface area contributed by atoms with Gasteiger partial charge >= 0.3 is 6.18 Å². The number of alkyl halides is 3. The van der Waals surface area contributed by atoms with Gasteiger partial charge in [0.05, 0.1) is 12.7 Å². The van der Waals surface area contributed by atoms with Crippen LogP contribution >= 0.6 is 0 Å². The summed E-state index contributed by atoms with van der Waals surface area (Å²) in [6, 6.07) is 12.0. The molecule has 118 valence electrons. The Morgan fingerprint density at radius 1 is 1.00 bits per heavy atom. The first-order chi connectivity index (χ1) is 11.0. The van der Waals surface area contributed by atoms with E-state index in [9.17, 15) is 13.2 Å². The second-order valence-corrected chi connectivity index (χ2v) is 4.81. The Kier molecular flexibility index (Phi) is 3.77. The Hall–Kier alpha value is -2.83. The number of nitrogens with zero attached hydrogens (tertiary/aromatic N) is 2. The van der Waals surface area contributed by atoms with E-state index >= 15 is 0 Å². The van der Waals surface area contributed by atoms with Crippen LogP contribution in [0.2, 0.25) is 0 Å². The van der Waals surface area contributed by atoms with Crippen LogP contribution in [0.5, 0.6) is 5.75 Å². The fourth-order valence-electron chi connectivity index (χ4n) is 2.10. The first kappa shape index (κ1) is 15.1. The van der Waals surface area contributed by atoms with E-state index in [1.165, 1.54) is 12.1 Å². The monoisotopic (exact) mass is 319 g/mol. The first-order valence-electron chi connectivity index (χ1n) is 6.72. The summed E-state index contributed by atoms with van der Waals surface area (Å²) in [5.74, 6) is 1.38. The van der Waals surface area contributed by atoms with Gasteiger partial charge in [0.25, 0.3) is 0 Å². The van der Waals surface area contributed by atoms with Crippen molar-refractivity contribution in [1.82, 2.24) is 15.2 Å². The topological polar surface area (TPSA) is 50.8 Å². The molecule has 0 aliphatic rings. The van der Waals surface area contributed by atoms with Crippen molar-refractivity contribution in [2.75, 3.05) is 7.11 Å². The van der Waals surface area contributed by atoms with Crippen LogP contribution in [-0.2, 0) is 6.18 Å². The zero-order valence-corrected chi connectivity index (χ0v) is 12.1. The van der Waals surface area contributed by atoms with Crippen LogP contribution in [0.15, 0.2) is 48.5 Å². The molecule has 4 nitrogen and oxygen atoms in total. The molecule has 0 bridgehead atoms. The molecule has 1 N–H and O–H groups in total. The van der Waals surface area contributed by atoms with Crippen molar-refractivity contribution in [3.8, 4) is 28.5 Å². The molecule has 3 aromatic rings. The van der Waals surface area contributed by atoms with E-state index in [2.05, 4.69) is 15.2 Å². The molecule has 0 aliphatic heterocycles. The lowest BCUT2D eigenvalue weighted by Crippen LogP contribution is -2.04. The van der Waals surface area contributed by atoms with Crippen LogP contribution in [0.4, 0.5) is 13.2 Å². The molecule has 0 atom stereocenters. The number of nitrogens with one attached hydrogen (secondary N) is 1. The minimum Gasteiger partial charge on any atom is -0.497 e. The van der Waals surface area contributed by atoms with Crippen LogP contribution in [0.25, 0.3) is 22.8 Å². The first-order valence-corrected chi connectivity index (χ1v) is 6.72. The second-order valence-electron chi connectivity index (χ2n) is 4.81. The highest BCUT2D eigenvalue weighted by molar-refractivity contribution is 5.62. The number of halogens is 3. The van der Waals surface area contributed by atoms with Crippen LogP contribution in [-0.4, -0.2) is 22.3 Å². The molecule has 23 heavy (non-hydrogen) atoms. The largest absolute Gasteiger partial charge is 0.497 e. The van der Waals surface area contributed by atoms with Gasteiger partial charge in [0, 0.05) is 11.1 Å². The third-order valence-electron chi connectivity index (χ3n) is 3.30. The number of hydrogen-bond donors (Lipinski definition) is 1. The average Bonchev–Trinajstić information content (AvgIpc) is 3.04. The Bertz CT molecular complexity index is 810. The summed E-state index contributed by atoms with van der Waals surface area (Å²) in [7, 11) is 1.56. The highest BCUT2D eigenvalue weighted by Crippen LogP contribution is 2.31. The fourth-order valence-corrected chi connectivity index (χ4v) is 2.10. The summed E-state index contributed by atoms with van der Waals surface area (Å²) in [4.78, 5) is 4.25. The zero-order valence-electron chi connectivity index (χ0n) is 12.1. The molecule has 3 rings (SSSR count). The normalized spacial score (nSPS) is 11.5. The van der Waals surface area contributed by atoms with Crippen LogP contribution in [0.3, 0.4) is 0 Å². The highest BCUT2D eigenvalue weighted by atomic mass is 19.4. The summed E-state index contributed by atoms with van der Waals surface area (Å²) in [5.41, 5.74) is 0.332. The predicted octanol–water partition coefficient (Wildman–Crippen LogP) is 4.17. The summed E-state index contributed by atoms with van der Waals surface area (Å²) < 4.78 is 43.4. The number of aromatic amines is 1. The maximum Gasteiger partial charge on any atom is 0.416 e. The quantitative estimate of drug-likeness (QED) is 0.788. The molecule has 1 heterocycles. The number of benzene rings is 2. The lowest BCUT2D eigenvalue weighted by Gasteiger charge is -2.06. The van der Waals surface area contributed by atoms with Gasteiger partial charge in [-0.05, 0) is 36.4 Å². The van der Waals surface area contributed by atoms with Gasteiger partial charge < -0.3 is 4.74 Å². The minimum absolute atomic E-state index is 0.210. The van der Waals surface area contributed by atoms with Gasteiger partial charge in [0.1, 0.15) is 5.75 Å². The molecule has 1 aromatic heterocycles. The number of methoxy groups -OCH3 is 1. The maximum absolute atomic E-state index is 12.8. The third kappa shape index (κ3) is 3.18. The summed E-state index contributed by atoms with van der Waals surface area (Å²) in [6.45, 7) is 0. The third-order valence-corrected chi connectivity index (χ3v) is 3.30. The molecule has 0 saturated heterocycles. The Balaban J connectivity index is 1.92. The summed E-state index contributed by atoms with van der Waals surface area (Å²) in [5, 5.41) is 6.73. The van der Waals surface area contributed by atoms with E-state index < -0.39 is 11.7 Å². The van der Waals surface area contributed by atoms with Gasteiger partial charge in [0.15, 0.2) is 11.6 Å². The predicted molar refractivity (Wildman–Crippen MR) is 78.8 cm³/mol. The van der Waals surface area contributed by atoms with E-state index in [1.807, 2.05) is 0 Å². The van der Waals surface area contributed by atoms with Gasteiger partial charge in [-0.25, -0.2) is 4.98 Å². The van der Waals surface area contributed by atoms with Crippen molar-refractivity contribution in [2.45, 2.75) is 6.18 Å². The van der Waals surface area contributed by atoms with Crippen molar-refractivity contribution in [2.24, 2.45) is 0 Å². The molecule has 0 saturated carbocycles. The van der Waals surface area contributed by atoms with Crippen molar-refractivity contribution in [3.63, 3.8) is 0 Å². The molecule has 0 spiro atoms. The molecule has 0 aliphatic carbocycles. The lowest BCUT2D eigenvalue weighted by atomic mass is 10.1. The number of ether oxygens (including phenoxy) is 1. The summed E-state index contributed by atoms with van der Waals surface area (Å²) >= 11 is 0. The Labute approximate surface area is 130 Å². The number of rotatable bonds is 3. The molecule has 0 radical (unpaired) electrons. The molecular weight excluding hydrogens is 307 g/mol. The number of H-pyrrole nitrogens is 1. The highest BCUT2D eigenvalue weighted by Gasteiger charge is 2.30.